The molecule has 1 heterocycles. The lowest BCUT2D eigenvalue weighted by molar-refractivity contribution is 0.321. The molecule has 0 saturated carbocycles. The topological polar surface area (TPSA) is 48.1 Å². The van der Waals surface area contributed by atoms with Crippen molar-refractivity contribution in [1.29, 1.82) is 0 Å². The molecule has 0 radical (unpaired) electrons. The van der Waals surface area contributed by atoms with Crippen molar-refractivity contribution < 1.29 is 9.13 Å². The van der Waals surface area contributed by atoms with Crippen LogP contribution in [0.1, 0.15) is 5.69 Å². The van der Waals surface area contributed by atoms with Crippen molar-refractivity contribution in [2.75, 3.05) is 12.3 Å². The number of ether oxygens (including phenoxy) is 1. The molecule has 0 saturated heterocycles. The summed E-state index contributed by atoms with van der Waals surface area (Å²) in [5.74, 6) is 0.0729. The number of hydrogen-bond acceptors (Lipinski definition) is 3. The van der Waals surface area contributed by atoms with E-state index in [0.29, 0.717) is 23.2 Å². The van der Waals surface area contributed by atoms with Crippen LogP contribution in [0.5, 0.6) is 5.75 Å². The van der Waals surface area contributed by atoms with Gasteiger partial charge >= 0.3 is 0 Å². The smallest absolute Gasteiger partial charge is 0.143 e. The third-order valence-electron chi connectivity index (χ3n) is 2.39. The van der Waals surface area contributed by atoms with Crippen LogP contribution in [0.25, 0.3) is 0 Å². The minimum absolute atomic E-state index is 0.289. The van der Waals surface area contributed by atoms with Gasteiger partial charge in [-0.2, -0.15) is 0 Å². The highest BCUT2D eigenvalue weighted by atomic mass is 79.9. The first-order valence-corrected chi connectivity index (χ1v) is 6.23. The predicted octanol–water partition coefficient (Wildman–Crippen LogP) is 3.19. The molecule has 0 amide bonds. The average molecular weight is 311 g/mol. The van der Waals surface area contributed by atoms with Crippen LogP contribution < -0.4 is 10.5 Å². The van der Waals surface area contributed by atoms with Gasteiger partial charge in [-0.05, 0) is 34.1 Å². The molecular formula is C13H12BrFN2O. The molecule has 3 nitrogen and oxygen atoms in total. The van der Waals surface area contributed by atoms with E-state index >= 15 is 0 Å². The molecule has 0 aliphatic rings. The molecule has 0 fully saturated rings. The lowest BCUT2D eigenvalue weighted by Crippen LogP contribution is -2.04. The molecule has 2 rings (SSSR count). The van der Waals surface area contributed by atoms with Crippen LogP contribution >= 0.6 is 15.9 Å². The lowest BCUT2D eigenvalue weighted by atomic mass is 10.2. The van der Waals surface area contributed by atoms with E-state index in [2.05, 4.69) is 20.9 Å². The molecule has 5 heteroatoms. The number of pyridine rings is 1. The summed E-state index contributed by atoms with van der Waals surface area (Å²) in [4.78, 5) is 4.18. The monoisotopic (exact) mass is 310 g/mol. The number of hydrogen-bond donors (Lipinski definition) is 1. The van der Waals surface area contributed by atoms with Gasteiger partial charge < -0.3 is 10.5 Å². The summed E-state index contributed by atoms with van der Waals surface area (Å²) in [6.07, 6.45) is 2.41. The molecule has 0 spiro atoms. The van der Waals surface area contributed by atoms with Crippen molar-refractivity contribution in [3.63, 3.8) is 0 Å². The van der Waals surface area contributed by atoms with E-state index < -0.39 is 5.82 Å². The molecule has 1 aromatic heterocycles. The molecule has 0 aliphatic carbocycles. The van der Waals surface area contributed by atoms with E-state index in [4.69, 9.17) is 10.5 Å². The van der Waals surface area contributed by atoms with Crippen molar-refractivity contribution in [3.8, 4) is 5.75 Å². The average Bonchev–Trinajstić information content (AvgIpc) is 2.37. The molecule has 0 aliphatic heterocycles. The summed E-state index contributed by atoms with van der Waals surface area (Å²) in [5.41, 5.74) is 6.90. The quantitative estimate of drug-likeness (QED) is 0.882. The number of rotatable bonds is 4. The third-order valence-corrected chi connectivity index (χ3v) is 3.00. The minimum Gasteiger partial charge on any atom is -0.491 e. The highest BCUT2D eigenvalue weighted by Gasteiger charge is 2.07. The van der Waals surface area contributed by atoms with E-state index in [1.54, 1.807) is 6.20 Å². The number of nitrogen functional groups attached to an aromatic ring is 1. The first-order chi connectivity index (χ1) is 8.66. The second-order valence-corrected chi connectivity index (χ2v) is 4.58. The van der Waals surface area contributed by atoms with E-state index in [0.717, 1.165) is 5.69 Å². The fraction of sp³-hybridized carbons (Fsp3) is 0.154. The normalized spacial score (nSPS) is 10.3. The number of anilines is 1. The van der Waals surface area contributed by atoms with E-state index in [-0.39, 0.29) is 5.69 Å². The predicted molar refractivity (Wildman–Crippen MR) is 71.9 cm³/mol. The van der Waals surface area contributed by atoms with Gasteiger partial charge in [0.05, 0.1) is 16.8 Å². The standard InChI is InChI=1S/C13H12BrFN2O/c14-10-7-13(12(16)8-11(10)15)18-6-4-9-3-1-2-5-17-9/h1-3,5,7-8H,4,6,16H2. The summed E-state index contributed by atoms with van der Waals surface area (Å²) in [7, 11) is 0. The van der Waals surface area contributed by atoms with E-state index in [9.17, 15) is 4.39 Å². The maximum absolute atomic E-state index is 13.2. The van der Waals surface area contributed by atoms with Gasteiger partial charge in [0.1, 0.15) is 11.6 Å². The van der Waals surface area contributed by atoms with Crippen LogP contribution in [-0.2, 0) is 6.42 Å². The van der Waals surface area contributed by atoms with E-state index in [1.165, 1.54) is 12.1 Å². The molecule has 1 aromatic carbocycles. The Balaban J connectivity index is 1.97. The molecule has 2 N–H and O–H groups in total. The third kappa shape index (κ3) is 3.20. The molecule has 0 bridgehead atoms. The second-order valence-electron chi connectivity index (χ2n) is 3.72. The molecule has 0 atom stereocenters. The Morgan fingerprint density at radius 3 is 2.89 bits per heavy atom. The number of benzene rings is 1. The number of aromatic nitrogens is 1. The Hall–Kier alpha value is -1.62. The Morgan fingerprint density at radius 1 is 1.33 bits per heavy atom. The fourth-order valence-corrected chi connectivity index (χ4v) is 1.80. The Bertz CT molecular complexity index is 534. The van der Waals surface area contributed by atoms with Crippen LogP contribution in [0.4, 0.5) is 10.1 Å². The summed E-state index contributed by atoms with van der Waals surface area (Å²) in [6, 6.07) is 8.47. The second kappa shape index (κ2) is 5.82. The first kappa shape index (κ1) is 12.8. The first-order valence-electron chi connectivity index (χ1n) is 5.44. The Morgan fingerprint density at radius 2 is 2.17 bits per heavy atom. The molecular weight excluding hydrogens is 299 g/mol. The Kier molecular flexibility index (Phi) is 4.15. The molecule has 18 heavy (non-hydrogen) atoms. The molecule has 2 aromatic rings. The summed E-state index contributed by atoms with van der Waals surface area (Å²) >= 11 is 3.09. The zero-order valence-corrected chi connectivity index (χ0v) is 11.2. The minimum atomic E-state index is -0.399. The largest absolute Gasteiger partial charge is 0.491 e. The summed E-state index contributed by atoms with van der Waals surface area (Å²) in [5, 5.41) is 0. The molecule has 94 valence electrons. The van der Waals surface area contributed by atoms with Crippen LogP contribution in [0.2, 0.25) is 0 Å². The fourth-order valence-electron chi connectivity index (χ4n) is 1.48. The van der Waals surface area contributed by atoms with Gasteiger partial charge in [0.2, 0.25) is 0 Å². The maximum Gasteiger partial charge on any atom is 0.143 e. The van der Waals surface area contributed by atoms with Crippen LogP contribution in [-0.4, -0.2) is 11.6 Å². The lowest BCUT2D eigenvalue weighted by Gasteiger charge is -2.09. The van der Waals surface area contributed by atoms with Crippen molar-refractivity contribution >= 4 is 21.6 Å². The van der Waals surface area contributed by atoms with Crippen LogP contribution in [0.3, 0.4) is 0 Å². The number of halogens is 2. The molecule has 0 unspecified atom stereocenters. The van der Waals surface area contributed by atoms with Gasteiger partial charge in [0.15, 0.2) is 0 Å². The highest BCUT2D eigenvalue weighted by Crippen LogP contribution is 2.28. The van der Waals surface area contributed by atoms with Crippen molar-refractivity contribution in [2.24, 2.45) is 0 Å². The van der Waals surface area contributed by atoms with Gasteiger partial charge in [-0.25, -0.2) is 4.39 Å². The maximum atomic E-state index is 13.2. The Labute approximate surface area is 113 Å². The van der Waals surface area contributed by atoms with Crippen LogP contribution in [0.15, 0.2) is 41.0 Å². The van der Waals surface area contributed by atoms with Gasteiger partial charge in [-0.3, -0.25) is 4.98 Å². The van der Waals surface area contributed by atoms with Crippen molar-refractivity contribution in [1.82, 2.24) is 4.98 Å². The van der Waals surface area contributed by atoms with Gasteiger partial charge in [-0.15, -0.1) is 0 Å². The zero-order valence-electron chi connectivity index (χ0n) is 9.57. The van der Waals surface area contributed by atoms with Gasteiger partial charge in [0, 0.05) is 24.4 Å². The van der Waals surface area contributed by atoms with Crippen molar-refractivity contribution in [3.05, 3.63) is 52.5 Å². The highest BCUT2D eigenvalue weighted by molar-refractivity contribution is 9.10. The van der Waals surface area contributed by atoms with Gasteiger partial charge in [-0.1, -0.05) is 6.07 Å². The number of nitrogens with two attached hydrogens (primary N) is 1. The van der Waals surface area contributed by atoms with Crippen molar-refractivity contribution in [2.45, 2.75) is 6.42 Å². The summed E-state index contributed by atoms with van der Waals surface area (Å²) < 4.78 is 19.0. The van der Waals surface area contributed by atoms with Crippen LogP contribution in [0, 0.1) is 5.82 Å². The summed E-state index contributed by atoms with van der Waals surface area (Å²) in [6.45, 7) is 0.444. The van der Waals surface area contributed by atoms with Gasteiger partial charge in [0.25, 0.3) is 0 Å². The zero-order chi connectivity index (χ0) is 13.0. The number of nitrogens with zero attached hydrogens (tertiary/aromatic N) is 1. The SMILES string of the molecule is Nc1cc(F)c(Br)cc1OCCc1ccccn1. The van der Waals surface area contributed by atoms with E-state index in [1.807, 2.05) is 18.2 Å².